The summed E-state index contributed by atoms with van der Waals surface area (Å²) in [6.45, 7) is -2.06. The molecule has 2 aromatic carbocycles. The Kier molecular flexibility index (Phi) is 5.26. The average molecular weight is 476 g/mol. The summed E-state index contributed by atoms with van der Waals surface area (Å²) >= 11 is 0. The van der Waals surface area contributed by atoms with Crippen LogP contribution in [0.15, 0.2) is 109 Å². The van der Waals surface area contributed by atoms with Gasteiger partial charge in [-0.1, -0.05) is 48.6 Å². The van der Waals surface area contributed by atoms with Gasteiger partial charge in [-0.05, 0) is 60.2 Å². The van der Waals surface area contributed by atoms with Crippen LogP contribution in [0, 0.1) is 0 Å². The van der Waals surface area contributed by atoms with E-state index in [9.17, 15) is 0 Å². The van der Waals surface area contributed by atoms with Crippen LogP contribution >= 0.6 is 0 Å². The highest BCUT2D eigenvalue weighted by atomic mass is 19.2. The Bertz CT molecular complexity index is 1580. The summed E-state index contributed by atoms with van der Waals surface area (Å²) in [6, 6.07) is 19.6. The van der Waals surface area contributed by atoms with E-state index in [1.54, 1.807) is 30.7 Å². The summed E-state index contributed by atoms with van der Waals surface area (Å²) in [5.41, 5.74) is 6.58. The number of rotatable bonds is 5. The maximum Gasteiger partial charge on any atom is 0.737 e. The van der Waals surface area contributed by atoms with Gasteiger partial charge < -0.3 is 22.2 Å². The molecule has 0 N–H and O–H groups in total. The molecule has 0 saturated carbocycles. The highest BCUT2D eigenvalue weighted by Crippen LogP contribution is 2.34. The summed E-state index contributed by atoms with van der Waals surface area (Å²) in [5, 5.41) is 0. The maximum atomic E-state index is 15.3. The molecule has 2 aliphatic heterocycles. The van der Waals surface area contributed by atoms with Crippen LogP contribution in [0.2, 0.25) is 0 Å². The van der Waals surface area contributed by atoms with Gasteiger partial charge in [-0.2, -0.15) is 0 Å². The number of imidazole rings is 1. The van der Waals surface area contributed by atoms with Crippen LogP contribution in [-0.4, -0.2) is 31.2 Å². The predicted octanol–water partition coefficient (Wildman–Crippen LogP) is 6.55. The Balaban J connectivity index is 1.19. The minimum atomic E-state index is -3.93. The van der Waals surface area contributed by atoms with Gasteiger partial charge in [0.05, 0.1) is 6.33 Å². The molecule has 4 heterocycles. The molecule has 0 atom stereocenters. The van der Waals surface area contributed by atoms with Crippen LogP contribution in [0.3, 0.4) is 0 Å². The fourth-order valence-electron chi connectivity index (χ4n) is 4.69. The fourth-order valence-corrected chi connectivity index (χ4v) is 4.69. The van der Waals surface area contributed by atoms with Gasteiger partial charge in [-0.15, -0.1) is 0 Å². The zero-order valence-corrected chi connectivity index (χ0v) is 19.7. The Morgan fingerprint density at radius 1 is 0.806 bits per heavy atom. The Morgan fingerprint density at radius 2 is 1.44 bits per heavy atom. The number of aromatic nitrogens is 3. The molecule has 2 aromatic heterocycles. The molecule has 4 aromatic rings. The highest BCUT2D eigenvalue weighted by molar-refractivity contribution is 6.58. The first-order chi connectivity index (χ1) is 17.5. The summed E-state index contributed by atoms with van der Waals surface area (Å²) in [7, 11) is 0. The van der Waals surface area contributed by atoms with Crippen molar-refractivity contribution in [1.29, 1.82) is 0 Å². The van der Waals surface area contributed by atoms with Gasteiger partial charge in [0, 0.05) is 47.6 Å². The second kappa shape index (κ2) is 8.61. The lowest BCUT2D eigenvalue weighted by atomic mass is 9.90. The third kappa shape index (κ3) is 3.88. The monoisotopic (exact) mass is 476 g/mol. The van der Waals surface area contributed by atoms with Crippen molar-refractivity contribution in [3.05, 3.63) is 131 Å². The molecule has 0 unspecified atom stereocenters. The maximum absolute atomic E-state index is 15.3. The van der Waals surface area contributed by atoms with Crippen LogP contribution in [0.1, 0.15) is 29.3 Å². The second-order valence-corrected chi connectivity index (χ2v) is 8.98. The van der Waals surface area contributed by atoms with Crippen molar-refractivity contribution in [2.75, 3.05) is 0 Å². The molecular weight excluding hydrogens is 453 g/mol. The molecule has 7 heteroatoms. The van der Waals surface area contributed by atoms with Gasteiger partial charge >= 0.3 is 6.97 Å². The van der Waals surface area contributed by atoms with Gasteiger partial charge in [0.15, 0.2) is 11.4 Å². The van der Waals surface area contributed by atoms with Crippen LogP contribution < -0.4 is 0 Å². The zero-order chi connectivity index (χ0) is 24.7. The van der Waals surface area contributed by atoms with E-state index < -0.39 is 6.97 Å². The van der Waals surface area contributed by atoms with Gasteiger partial charge in [-0.3, -0.25) is 0 Å². The van der Waals surface area contributed by atoms with E-state index in [0.717, 1.165) is 36.9 Å². The van der Waals surface area contributed by atoms with Gasteiger partial charge in [0.25, 0.3) is 0 Å². The van der Waals surface area contributed by atoms with Crippen LogP contribution in [-0.2, 0) is 0 Å². The first-order valence-corrected chi connectivity index (χ1v) is 11.8. The Morgan fingerprint density at radius 3 is 2.08 bits per heavy atom. The molecule has 0 radical (unpaired) electrons. The molecule has 0 amide bonds. The number of hydrogen-bond acceptors (Lipinski definition) is 1. The van der Waals surface area contributed by atoms with Crippen LogP contribution in [0.5, 0.6) is 0 Å². The lowest BCUT2D eigenvalue weighted by Gasteiger charge is -2.28. The largest absolute Gasteiger partial charge is 0.737 e. The summed E-state index contributed by atoms with van der Waals surface area (Å²) < 4.78 is 34.8. The number of nitrogens with zero attached hydrogens (tertiary/aromatic N) is 4. The zero-order valence-electron chi connectivity index (χ0n) is 19.7. The first-order valence-electron chi connectivity index (χ1n) is 11.8. The molecule has 4 nitrogen and oxygen atoms in total. The second-order valence-electron chi connectivity index (χ2n) is 8.98. The number of allylic oxidation sites excluding steroid dienone is 3. The quantitative estimate of drug-likeness (QED) is 0.237. The Hall–Kier alpha value is -4.52. The number of hydrogen-bond donors (Lipinski definition) is 0. The molecular formula is C29H23BF2N4. The smallest absolute Gasteiger partial charge is 0.396 e. The molecule has 2 aliphatic rings. The lowest BCUT2D eigenvalue weighted by molar-refractivity contribution is -0.361. The minimum absolute atomic E-state index is 0.492. The van der Waals surface area contributed by atoms with E-state index >= 15 is 8.63 Å². The Labute approximate surface area is 208 Å². The fraction of sp³-hybridized carbons (Fsp3) is 0.0345. The van der Waals surface area contributed by atoms with Crippen molar-refractivity contribution in [2.24, 2.45) is 0 Å². The predicted molar refractivity (Wildman–Crippen MR) is 143 cm³/mol. The topological polar surface area (TPSA) is 25.8 Å². The average Bonchev–Trinajstić information content (AvgIpc) is 3.64. The molecule has 176 valence electrons. The van der Waals surface area contributed by atoms with Crippen molar-refractivity contribution < 1.29 is 13.1 Å². The van der Waals surface area contributed by atoms with Crippen molar-refractivity contribution in [2.45, 2.75) is 6.92 Å². The van der Waals surface area contributed by atoms with Gasteiger partial charge in [0.2, 0.25) is 0 Å². The van der Waals surface area contributed by atoms with E-state index in [1.165, 1.54) is 6.20 Å². The van der Waals surface area contributed by atoms with Gasteiger partial charge in [-0.25, -0.2) is 4.98 Å². The lowest BCUT2D eigenvalue weighted by Crippen LogP contribution is -2.49. The first kappa shape index (κ1) is 22.0. The number of halogens is 2. The summed E-state index contributed by atoms with van der Waals surface area (Å²) in [5.74, 6) is 0. The number of benzene rings is 2. The van der Waals surface area contributed by atoms with E-state index in [2.05, 4.69) is 41.4 Å². The molecule has 0 saturated heterocycles. The highest BCUT2D eigenvalue weighted by Gasteiger charge is 2.52. The SMILES string of the molecule is CC1=CC(/C=C/c2ccc(/C=C/c3ccc(-n4ccnc4)cc3)cc2)=[N+]2C1=Cc1cccn1[B-]2(F)F. The van der Waals surface area contributed by atoms with Gasteiger partial charge in [0.1, 0.15) is 0 Å². The molecule has 36 heavy (non-hydrogen) atoms. The van der Waals surface area contributed by atoms with E-state index in [1.807, 2.05) is 60.2 Å². The van der Waals surface area contributed by atoms with E-state index in [4.69, 9.17) is 0 Å². The molecule has 0 aliphatic carbocycles. The molecule has 6 rings (SSSR count). The van der Waals surface area contributed by atoms with Crippen molar-refractivity contribution >= 4 is 37.0 Å². The molecule has 0 bridgehead atoms. The summed E-state index contributed by atoms with van der Waals surface area (Å²) in [6.07, 6.45) is 18.3. The van der Waals surface area contributed by atoms with Crippen molar-refractivity contribution in [1.82, 2.24) is 14.0 Å². The third-order valence-electron chi connectivity index (χ3n) is 6.59. The normalized spacial score (nSPS) is 16.4. The molecule has 0 spiro atoms. The van der Waals surface area contributed by atoms with Crippen LogP contribution in [0.25, 0.3) is 30.0 Å². The molecule has 0 fully saturated rings. The standard InChI is InChI=1S/C29H23BF2N4/c1-22-19-28(36-29(22)20-27-3-2-17-35(27)30(36,31)32)15-12-24-7-4-23(5-8-24)6-9-25-10-13-26(14-11-25)34-18-16-33-21-34/h2-21H,1H3/b9-6+,15-12+. The van der Waals surface area contributed by atoms with E-state index in [0.29, 0.717) is 17.1 Å². The van der Waals surface area contributed by atoms with E-state index in [-0.39, 0.29) is 0 Å². The van der Waals surface area contributed by atoms with Crippen molar-refractivity contribution in [3.8, 4) is 5.69 Å². The summed E-state index contributed by atoms with van der Waals surface area (Å²) in [4.78, 5) is 4.07. The van der Waals surface area contributed by atoms with Crippen molar-refractivity contribution in [3.63, 3.8) is 0 Å². The third-order valence-corrected chi connectivity index (χ3v) is 6.59. The minimum Gasteiger partial charge on any atom is -0.396 e. The van der Waals surface area contributed by atoms with Crippen LogP contribution in [0.4, 0.5) is 8.63 Å². The number of fused-ring (bicyclic) bond motifs is 2.